The number of anilines is 1. The van der Waals surface area contributed by atoms with E-state index >= 15 is 0 Å². The van der Waals surface area contributed by atoms with Gasteiger partial charge in [0.25, 0.3) is 0 Å². The summed E-state index contributed by atoms with van der Waals surface area (Å²) in [6.45, 7) is 0. The second kappa shape index (κ2) is 4.47. The third kappa shape index (κ3) is 2.60. The standard InChI is InChI=1S/C8H5N5/c9-1-7(2-10)3-13-8-4-11-6-12-5-8/h3-6,13H. The number of hydrogen-bond donors (Lipinski definition) is 1. The Bertz CT molecular complexity index is 365. The molecule has 62 valence electrons. The predicted octanol–water partition coefficient (Wildman–Crippen LogP) is 0.820. The molecule has 1 rings (SSSR count). The van der Waals surface area contributed by atoms with Crippen LogP contribution >= 0.6 is 0 Å². The SMILES string of the molecule is N#CC(C#N)=CNc1cncnc1. The monoisotopic (exact) mass is 171 g/mol. The summed E-state index contributed by atoms with van der Waals surface area (Å²) in [6.07, 6.45) is 5.77. The smallest absolute Gasteiger partial charge is 0.145 e. The molecule has 0 unspecified atom stereocenters. The Morgan fingerprint density at radius 1 is 1.31 bits per heavy atom. The molecule has 5 nitrogen and oxygen atoms in total. The van der Waals surface area contributed by atoms with Crippen molar-refractivity contribution in [2.24, 2.45) is 0 Å². The maximum Gasteiger partial charge on any atom is 0.145 e. The number of rotatable bonds is 2. The molecule has 0 aliphatic carbocycles. The molecule has 1 aromatic rings. The third-order valence-electron chi connectivity index (χ3n) is 1.18. The first-order valence-corrected chi connectivity index (χ1v) is 3.38. The van der Waals surface area contributed by atoms with E-state index in [0.717, 1.165) is 0 Å². The number of nitrogens with zero attached hydrogens (tertiary/aromatic N) is 4. The molecule has 0 radical (unpaired) electrons. The Morgan fingerprint density at radius 2 is 1.92 bits per heavy atom. The second-order valence-electron chi connectivity index (χ2n) is 2.05. The normalized spacial score (nSPS) is 7.85. The summed E-state index contributed by atoms with van der Waals surface area (Å²) in [6, 6.07) is 3.44. The fourth-order valence-electron chi connectivity index (χ4n) is 0.619. The lowest BCUT2D eigenvalue weighted by atomic mass is 10.3. The first kappa shape index (κ1) is 8.69. The van der Waals surface area contributed by atoms with Crippen LogP contribution in [0.1, 0.15) is 0 Å². The van der Waals surface area contributed by atoms with Gasteiger partial charge in [0.15, 0.2) is 0 Å². The summed E-state index contributed by atoms with van der Waals surface area (Å²) < 4.78 is 0. The summed E-state index contributed by atoms with van der Waals surface area (Å²) in [7, 11) is 0. The quantitative estimate of drug-likeness (QED) is 0.665. The summed E-state index contributed by atoms with van der Waals surface area (Å²) >= 11 is 0. The average molecular weight is 171 g/mol. The van der Waals surface area contributed by atoms with Crippen molar-refractivity contribution in [1.82, 2.24) is 9.97 Å². The van der Waals surface area contributed by atoms with E-state index in [4.69, 9.17) is 10.5 Å². The molecule has 0 aliphatic heterocycles. The number of nitriles is 2. The zero-order valence-electron chi connectivity index (χ0n) is 6.60. The van der Waals surface area contributed by atoms with Gasteiger partial charge in [0.1, 0.15) is 24.0 Å². The highest BCUT2D eigenvalue weighted by molar-refractivity contribution is 5.46. The van der Waals surface area contributed by atoms with Crippen molar-refractivity contribution >= 4 is 5.69 Å². The van der Waals surface area contributed by atoms with Gasteiger partial charge in [-0.3, -0.25) is 0 Å². The summed E-state index contributed by atoms with van der Waals surface area (Å²) in [5.74, 6) is 0. The Kier molecular flexibility index (Phi) is 2.99. The molecular formula is C8H5N5. The van der Waals surface area contributed by atoms with Gasteiger partial charge in [0, 0.05) is 6.20 Å². The van der Waals surface area contributed by atoms with Gasteiger partial charge in [-0.2, -0.15) is 10.5 Å². The van der Waals surface area contributed by atoms with Crippen molar-refractivity contribution in [3.8, 4) is 12.1 Å². The highest BCUT2D eigenvalue weighted by atomic mass is 14.9. The molecule has 0 amide bonds. The highest BCUT2D eigenvalue weighted by Gasteiger charge is 1.91. The Labute approximate surface area is 75.0 Å². The molecule has 0 fully saturated rings. The van der Waals surface area contributed by atoms with Gasteiger partial charge in [0.05, 0.1) is 18.1 Å². The highest BCUT2D eigenvalue weighted by Crippen LogP contribution is 2.00. The second-order valence-corrected chi connectivity index (χ2v) is 2.05. The van der Waals surface area contributed by atoms with Gasteiger partial charge >= 0.3 is 0 Å². The minimum atomic E-state index is 0.00357. The zero-order chi connectivity index (χ0) is 9.52. The third-order valence-corrected chi connectivity index (χ3v) is 1.18. The van der Waals surface area contributed by atoms with E-state index in [0.29, 0.717) is 5.69 Å². The van der Waals surface area contributed by atoms with Crippen LogP contribution in [0.3, 0.4) is 0 Å². The topological polar surface area (TPSA) is 85.4 Å². The average Bonchev–Trinajstić information content (AvgIpc) is 2.21. The van der Waals surface area contributed by atoms with E-state index in [1.165, 1.54) is 24.9 Å². The molecule has 5 heteroatoms. The Morgan fingerprint density at radius 3 is 2.46 bits per heavy atom. The summed E-state index contributed by atoms with van der Waals surface area (Å²) in [5, 5.41) is 19.5. The van der Waals surface area contributed by atoms with E-state index < -0.39 is 0 Å². The number of allylic oxidation sites excluding steroid dienone is 1. The number of nitrogens with one attached hydrogen (secondary N) is 1. The van der Waals surface area contributed by atoms with Gasteiger partial charge in [-0.05, 0) is 0 Å². The van der Waals surface area contributed by atoms with Gasteiger partial charge in [0.2, 0.25) is 0 Å². The van der Waals surface area contributed by atoms with Crippen LogP contribution in [0, 0.1) is 22.7 Å². The lowest BCUT2D eigenvalue weighted by Crippen LogP contribution is -1.90. The van der Waals surface area contributed by atoms with Crippen molar-refractivity contribution in [2.75, 3.05) is 5.32 Å². The van der Waals surface area contributed by atoms with Crippen LogP contribution in [0.2, 0.25) is 0 Å². The van der Waals surface area contributed by atoms with Crippen molar-refractivity contribution in [3.63, 3.8) is 0 Å². The Hall–Kier alpha value is -2.40. The molecule has 0 saturated heterocycles. The van der Waals surface area contributed by atoms with Crippen molar-refractivity contribution in [2.45, 2.75) is 0 Å². The van der Waals surface area contributed by atoms with Crippen LogP contribution in [0.15, 0.2) is 30.5 Å². The maximum absolute atomic E-state index is 8.39. The fraction of sp³-hybridized carbons (Fsp3) is 0. The van der Waals surface area contributed by atoms with Crippen LogP contribution < -0.4 is 5.32 Å². The molecular weight excluding hydrogens is 166 g/mol. The van der Waals surface area contributed by atoms with Gasteiger partial charge in [-0.25, -0.2) is 9.97 Å². The van der Waals surface area contributed by atoms with Gasteiger partial charge < -0.3 is 5.32 Å². The van der Waals surface area contributed by atoms with E-state index in [1.807, 2.05) is 0 Å². The van der Waals surface area contributed by atoms with Crippen LogP contribution in [0.4, 0.5) is 5.69 Å². The molecule has 0 saturated carbocycles. The van der Waals surface area contributed by atoms with Crippen LogP contribution in [0.5, 0.6) is 0 Å². The molecule has 13 heavy (non-hydrogen) atoms. The summed E-state index contributed by atoms with van der Waals surface area (Å²) in [4.78, 5) is 7.49. The van der Waals surface area contributed by atoms with E-state index in [2.05, 4.69) is 15.3 Å². The minimum Gasteiger partial charge on any atom is -0.357 e. The van der Waals surface area contributed by atoms with E-state index in [-0.39, 0.29) is 5.57 Å². The molecule has 0 aliphatic rings. The Balaban J connectivity index is 2.69. The van der Waals surface area contributed by atoms with Crippen molar-refractivity contribution in [1.29, 1.82) is 10.5 Å². The molecule has 1 heterocycles. The lowest BCUT2D eigenvalue weighted by Gasteiger charge is -1.96. The van der Waals surface area contributed by atoms with Crippen molar-refractivity contribution in [3.05, 3.63) is 30.5 Å². The van der Waals surface area contributed by atoms with Crippen LogP contribution in [-0.2, 0) is 0 Å². The van der Waals surface area contributed by atoms with Crippen LogP contribution in [0.25, 0.3) is 0 Å². The predicted molar refractivity (Wildman–Crippen MR) is 45.0 cm³/mol. The van der Waals surface area contributed by atoms with Gasteiger partial charge in [-0.15, -0.1) is 0 Å². The molecule has 1 aromatic heterocycles. The first-order valence-electron chi connectivity index (χ1n) is 3.38. The number of hydrogen-bond acceptors (Lipinski definition) is 5. The summed E-state index contributed by atoms with van der Waals surface area (Å²) in [5.41, 5.74) is 0.634. The zero-order valence-corrected chi connectivity index (χ0v) is 6.60. The molecule has 1 N–H and O–H groups in total. The molecule has 0 bridgehead atoms. The van der Waals surface area contributed by atoms with E-state index in [9.17, 15) is 0 Å². The fourth-order valence-corrected chi connectivity index (χ4v) is 0.619. The largest absolute Gasteiger partial charge is 0.357 e. The van der Waals surface area contributed by atoms with Gasteiger partial charge in [-0.1, -0.05) is 0 Å². The molecule has 0 aromatic carbocycles. The molecule has 0 atom stereocenters. The molecule has 0 spiro atoms. The number of aromatic nitrogens is 2. The lowest BCUT2D eigenvalue weighted by molar-refractivity contribution is 1.17. The van der Waals surface area contributed by atoms with Crippen molar-refractivity contribution < 1.29 is 0 Å². The minimum absolute atomic E-state index is 0.00357. The maximum atomic E-state index is 8.39. The van der Waals surface area contributed by atoms with Crippen LogP contribution in [-0.4, -0.2) is 9.97 Å². The van der Waals surface area contributed by atoms with E-state index in [1.54, 1.807) is 12.1 Å². The first-order chi connectivity index (χ1) is 6.36.